The molecule has 0 aliphatic carbocycles. The molecule has 0 radical (unpaired) electrons. The summed E-state index contributed by atoms with van der Waals surface area (Å²) in [6, 6.07) is 2.72. The summed E-state index contributed by atoms with van der Waals surface area (Å²) < 4.78 is 0. The molecule has 2 aromatic rings. The van der Waals surface area contributed by atoms with Gasteiger partial charge in [0, 0.05) is 19.1 Å². The van der Waals surface area contributed by atoms with Crippen LogP contribution in [-0.2, 0) is 0 Å². The molecular weight excluding hydrogens is 270 g/mol. The van der Waals surface area contributed by atoms with Crippen molar-refractivity contribution < 1.29 is 0 Å². The second-order valence-electron chi connectivity index (χ2n) is 5.15. The first-order valence-electron chi connectivity index (χ1n) is 7.22. The lowest BCUT2D eigenvalue weighted by atomic mass is 10.2. The molecule has 3 heterocycles. The lowest BCUT2D eigenvalue weighted by molar-refractivity contribution is 0.232. The topological polar surface area (TPSA) is 58.3 Å². The highest BCUT2D eigenvalue weighted by Crippen LogP contribution is 2.31. The average Bonchev–Trinajstić information content (AvgIpc) is 3.08. The number of likely N-dealkylation sites (N-methyl/N-ethyl adjacent to an activating group) is 1. The van der Waals surface area contributed by atoms with Gasteiger partial charge in [-0.25, -0.2) is 4.98 Å². The van der Waals surface area contributed by atoms with Crippen LogP contribution in [-0.4, -0.2) is 47.1 Å². The number of thiophene rings is 1. The molecule has 2 aromatic heterocycles. The van der Waals surface area contributed by atoms with Crippen LogP contribution in [0.3, 0.4) is 0 Å². The van der Waals surface area contributed by atoms with Gasteiger partial charge in [-0.1, -0.05) is 13.8 Å². The summed E-state index contributed by atoms with van der Waals surface area (Å²) in [6.07, 6.45) is 1.19. The number of hydrogen-bond donors (Lipinski definition) is 1. The fraction of sp³-hybridized carbons (Fsp3) is 0.571. The minimum atomic E-state index is 0.376. The minimum absolute atomic E-state index is 0.376. The van der Waals surface area contributed by atoms with Gasteiger partial charge in [0.1, 0.15) is 10.6 Å². The fourth-order valence-corrected chi connectivity index (χ4v) is 3.83. The molecule has 20 heavy (non-hydrogen) atoms. The van der Waals surface area contributed by atoms with Crippen molar-refractivity contribution in [2.75, 3.05) is 36.8 Å². The van der Waals surface area contributed by atoms with E-state index in [2.05, 4.69) is 45.1 Å². The summed E-state index contributed by atoms with van der Waals surface area (Å²) in [5.41, 5.74) is 5.85. The Hall–Kier alpha value is -1.40. The van der Waals surface area contributed by atoms with Gasteiger partial charge in [0.05, 0.1) is 5.39 Å². The van der Waals surface area contributed by atoms with Gasteiger partial charge in [-0.15, -0.1) is 11.3 Å². The zero-order valence-electron chi connectivity index (χ0n) is 12.0. The lowest BCUT2D eigenvalue weighted by Gasteiger charge is -2.26. The molecular formula is C14H21N5S. The van der Waals surface area contributed by atoms with E-state index in [4.69, 9.17) is 5.73 Å². The van der Waals surface area contributed by atoms with E-state index in [9.17, 15) is 0 Å². The van der Waals surface area contributed by atoms with E-state index in [-0.39, 0.29) is 0 Å². The number of rotatable bonds is 4. The smallest absolute Gasteiger partial charge is 0.223 e. The molecule has 0 saturated carbocycles. The van der Waals surface area contributed by atoms with Gasteiger partial charge < -0.3 is 10.6 Å². The Morgan fingerprint density at radius 3 is 2.95 bits per heavy atom. The fourth-order valence-electron chi connectivity index (χ4n) is 3.07. The third-order valence-electron chi connectivity index (χ3n) is 4.11. The second kappa shape index (κ2) is 5.54. The Morgan fingerprint density at radius 1 is 1.40 bits per heavy atom. The summed E-state index contributed by atoms with van der Waals surface area (Å²) >= 11 is 1.62. The van der Waals surface area contributed by atoms with Gasteiger partial charge in [0.15, 0.2) is 0 Å². The van der Waals surface area contributed by atoms with Gasteiger partial charge >= 0.3 is 0 Å². The van der Waals surface area contributed by atoms with E-state index < -0.39 is 0 Å². The highest BCUT2D eigenvalue weighted by Gasteiger charge is 2.28. The molecule has 6 heteroatoms. The van der Waals surface area contributed by atoms with Crippen molar-refractivity contribution in [3.8, 4) is 0 Å². The van der Waals surface area contributed by atoms with E-state index in [0.29, 0.717) is 12.0 Å². The van der Waals surface area contributed by atoms with Crippen LogP contribution in [0.4, 0.5) is 11.8 Å². The number of nitrogens with zero attached hydrogens (tertiary/aromatic N) is 4. The normalized spacial score (nSPS) is 19.4. The predicted molar refractivity (Wildman–Crippen MR) is 85.4 cm³/mol. The van der Waals surface area contributed by atoms with Crippen molar-refractivity contribution in [3.63, 3.8) is 0 Å². The van der Waals surface area contributed by atoms with E-state index >= 15 is 0 Å². The summed E-state index contributed by atoms with van der Waals surface area (Å²) in [4.78, 5) is 14.6. The number of hydrogen-bond acceptors (Lipinski definition) is 6. The Kier molecular flexibility index (Phi) is 3.76. The van der Waals surface area contributed by atoms with Crippen LogP contribution in [0, 0.1) is 0 Å². The molecule has 108 valence electrons. The highest BCUT2D eigenvalue weighted by atomic mass is 32.1. The molecule has 1 unspecified atom stereocenters. The van der Waals surface area contributed by atoms with Crippen LogP contribution in [0.25, 0.3) is 10.2 Å². The Labute approximate surface area is 123 Å². The maximum absolute atomic E-state index is 5.85. The molecule has 5 nitrogen and oxygen atoms in total. The molecule has 1 aliphatic heterocycles. The number of anilines is 2. The van der Waals surface area contributed by atoms with E-state index in [1.54, 1.807) is 11.3 Å². The van der Waals surface area contributed by atoms with Crippen molar-refractivity contribution in [2.45, 2.75) is 26.3 Å². The maximum atomic E-state index is 5.85. The Bertz CT molecular complexity index is 592. The van der Waals surface area contributed by atoms with Gasteiger partial charge in [-0.2, -0.15) is 4.98 Å². The molecule has 3 rings (SSSR count). The average molecular weight is 291 g/mol. The first-order valence-corrected chi connectivity index (χ1v) is 8.10. The van der Waals surface area contributed by atoms with Crippen LogP contribution in [0.5, 0.6) is 0 Å². The molecule has 1 saturated heterocycles. The van der Waals surface area contributed by atoms with Crippen LogP contribution >= 0.6 is 11.3 Å². The molecule has 0 aromatic carbocycles. The minimum Gasteiger partial charge on any atom is -0.368 e. The molecule has 0 spiro atoms. The van der Waals surface area contributed by atoms with Crippen LogP contribution in [0.15, 0.2) is 11.4 Å². The SMILES string of the molecule is CCN(CC)C1CCN(c2nc(N)nc3sccc23)C1. The predicted octanol–water partition coefficient (Wildman–Crippen LogP) is 2.19. The second-order valence-corrected chi connectivity index (χ2v) is 6.05. The Balaban J connectivity index is 1.87. The quantitative estimate of drug-likeness (QED) is 0.936. The van der Waals surface area contributed by atoms with Gasteiger partial charge in [-0.05, 0) is 31.0 Å². The van der Waals surface area contributed by atoms with Gasteiger partial charge in [-0.3, -0.25) is 4.90 Å². The summed E-state index contributed by atoms with van der Waals surface area (Å²) in [5.74, 6) is 1.38. The third kappa shape index (κ3) is 2.33. The molecule has 0 bridgehead atoms. The molecule has 0 amide bonds. The summed E-state index contributed by atoms with van der Waals surface area (Å²) in [7, 11) is 0. The molecule has 1 atom stereocenters. The van der Waals surface area contributed by atoms with Crippen molar-refractivity contribution in [3.05, 3.63) is 11.4 Å². The molecule has 1 fully saturated rings. The standard InChI is InChI=1S/C14H21N5S/c1-3-18(4-2)10-5-7-19(9-10)12-11-6-8-20-13(11)17-14(15)16-12/h6,8,10H,3-5,7,9H2,1-2H3,(H2,15,16,17). The largest absolute Gasteiger partial charge is 0.368 e. The van der Waals surface area contributed by atoms with Gasteiger partial charge in [0.25, 0.3) is 0 Å². The van der Waals surface area contributed by atoms with Crippen LogP contribution < -0.4 is 10.6 Å². The van der Waals surface area contributed by atoms with Crippen molar-refractivity contribution in [2.24, 2.45) is 0 Å². The lowest BCUT2D eigenvalue weighted by Crippen LogP contribution is -2.37. The van der Waals surface area contributed by atoms with Crippen LogP contribution in [0.1, 0.15) is 20.3 Å². The maximum Gasteiger partial charge on any atom is 0.223 e. The summed E-state index contributed by atoms with van der Waals surface area (Å²) in [6.45, 7) is 8.74. The van der Waals surface area contributed by atoms with Crippen molar-refractivity contribution >= 4 is 33.3 Å². The van der Waals surface area contributed by atoms with E-state index in [1.165, 1.54) is 6.42 Å². The van der Waals surface area contributed by atoms with E-state index in [1.807, 2.05) is 0 Å². The van der Waals surface area contributed by atoms with Gasteiger partial charge in [0.2, 0.25) is 5.95 Å². The van der Waals surface area contributed by atoms with Crippen molar-refractivity contribution in [1.29, 1.82) is 0 Å². The third-order valence-corrected chi connectivity index (χ3v) is 4.92. The number of aromatic nitrogens is 2. The van der Waals surface area contributed by atoms with Crippen molar-refractivity contribution in [1.82, 2.24) is 14.9 Å². The monoisotopic (exact) mass is 291 g/mol. The molecule has 2 N–H and O–H groups in total. The molecule has 1 aliphatic rings. The first-order chi connectivity index (χ1) is 9.72. The first kappa shape index (κ1) is 13.6. The Morgan fingerprint density at radius 2 is 2.20 bits per heavy atom. The number of fused-ring (bicyclic) bond motifs is 1. The zero-order chi connectivity index (χ0) is 14.1. The van der Waals surface area contributed by atoms with E-state index in [0.717, 1.165) is 42.2 Å². The summed E-state index contributed by atoms with van der Waals surface area (Å²) in [5, 5.41) is 3.18. The zero-order valence-corrected chi connectivity index (χ0v) is 12.9. The number of nitrogens with two attached hydrogens (primary N) is 1. The van der Waals surface area contributed by atoms with Crippen LogP contribution in [0.2, 0.25) is 0 Å². The highest BCUT2D eigenvalue weighted by molar-refractivity contribution is 7.16. The number of nitrogen functional groups attached to an aromatic ring is 1.